The van der Waals surface area contributed by atoms with Crippen LogP contribution in [0, 0.1) is 40.3 Å². The van der Waals surface area contributed by atoms with Crippen LogP contribution in [-0.2, 0) is 6.11 Å². The molecular weight excluding hydrogens is 666 g/mol. The number of alkyl halides is 2. The summed E-state index contributed by atoms with van der Waals surface area (Å²) < 4.78 is 147. The first kappa shape index (κ1) is 36.6. The normalized spacial score (nSPS) is 12.0. The molecule has 256 valence electrons. The Morgan fingerprint density at radius 2 is 1.33 bits per heavy atom. The van der Waals surface area contributed by atoms with E-state index in [1.54, 1.807) is 0 Å². The van der Waals surface area contributed by atoms with Crippen molar-refractivity contribution in [1.29, 1.82) is 5.41 Å². The fourth-order valence-corrected chi connectivity index (χ4v) is 4.80. The molecule has 4 aromatic rings. The van der Waals surface area contributed by atoms with Crippen LogP contribution in [0.1, 0.15) is 49.3 Å². The SMILES string of the molecule is CCCCC/C(C=N)=C/N=Cc1ccc(-c2cc(F)c(C(F)(F)Oc3ccc(-c4cc(F)c(C=C(F)F)c(F)c4)c(F)c3)c(F)c2)c(F)c1. The van der Waals surface area contributed by atoms with Crippen molar-refractivity contribution in [1.82, 2.24) is 0 Å². The Kier molecular flexibility index (Phi) is 11.8. The zero-order valence-corrected chi connectivity index (χ0v) is 25.5. The van der Waals surface area contributed by atoms with Crippen molar-refractivity contribution >= 4 is 18.5 Å². The Balaban J connectivity index is 1.54. The third-order valence-corrected chi connectivity index (χ3v) is 7.19. The van der Waals surface area contributed by atoms with E-state index in [2.05, 4.69) is 9.73 Å². The largest absolute Gasteiger partial charge is 0.432 e. The van der Waals surface area contributed by atoms with E-state index in [0.29, 0.717) is 42.3 Å². The van der Waals surface area contributed by atoms with Crippen molar-refractivity contribution in [2.75, 3.05) is 0 Å². The van der Waals surface area contributed by atoms with E-state index >= 15 is 8.78 Å². The third kappa shape index (κ3) is 9.04. The molecule has 0 aromatic heterocycles. The molecular formula is C36H26F10N2O. The van der Waals surface area contributed by atoms with Gasteiger partial charge >= 0.3 is 6.11 Å². The molecule has 4 rings (SSSR count). The predicted molar refractivity (Wildman–Crippen MR) is 167 cm³/mol. The minimum Gasteiger partial charge on any atom is -0.429 e. The standard InChI is InChI=1S/C36H26F10N2O/c1-2-3-4-5-21(17-47)19-48-18-20-6-8-25(28(37)10-20)23-13-32(41)35(33(42)14-23)36(45,46)49-24-7-9-26(31(40)15-24)22-11-29(38)27(16-34(43)44)30(39)12-22/h6-19,47H,2-5H2,1H3/b21-19-,47-17?,48-18?. The maximum Gasteiger partial charge on any atom is 0.432 e. The van der Waals surface area contributed by atoms with Crippen LogP contribution in [0.15, 0.2) is 83.5 Å². The first-order chi connectivity index (χ1) is 23.2. The number of ether oxygens (including phenoxy) is 1. The van der Waals surface area contributed by atoms with Crippen LogP contribution >= 0.6 is 0 Å². The van der Waals surface area contributed by atoms with Crippen molar-refractivity contribution in [2.45, 2.75) is 38.7 Å². The highest BCUT2D eigenvalue weighted by atomic mass is 19.3. The van der Waals surface area contributed by atoms with Gasteiger partial charge < -0.3 is 10.1 Å². The Morgan fingerprint density at radius 1 is 0.755 bits per heavy atom. The lowest BCUT2D eigenvalue weighted by atomic mass is 10.0. The monoisotopic (exact) mass is 692 g/mol. The van der Waals surface area contributed by atoms with Crippen molar-refractivity contribution in [3.63, 3.8) is 0 Å². The minimum atomic E-state index is -4.72. The topological polar surface area (TPSA) is 45.4 Å². The van der Waals surface area contributed by atoms with Crippen LogP contribution in [0.4, 0.5) is 43.9 Å². The lowest BCUT2D eigenvalue weighted by molar-refractivity contribution is -0.189. The lowest BCUT2D eigenvalue weighted by Crippen LogP contribution is -2.25. The number of nitrogens with zero attached hydrogens (tertiary/aromatic N) is 1. The molecule has 4 aromatic carbocycles. The molecule has 0 bridgehead atoms. The Morgan fingerprint density at radius 3 is 1.86 bits per heavy atom. The van der Waals surface area contributed by atoms with Crippen LogP contribution in [0.2, 0.25) is 0 Å². The van der Waals surface area contributed by atoms with Gasteiger partial charge in [-0.1, -0.05) is 31.9 Å². The molecule has 0 radical (unpaired) electrons. The van der Waals surface area contributed by atoms with Gasteiger partial charge in [0.05, 0.1) is 5.56 Å². The highest BCUT2D eigenvalue weighted by molar-refractivity contribution is 5.83. The third-order valence-electron chi connectivity index (χ3n) is 7.19. The summed E-state index contributed by atoms with van der Waals surface area (Å²) >= 11 is 0. The van der Waals surface area contributed by atoms with Crippen LogP contribution in [0.25, 0.3) is 28.3 Å². The molecule has 0 amide bonds. The average Bonchev–Trinajstić information content (AvgIpc) is 3.01. The van der Waals surface area contributed by atoms with Crippen molar-refractivity contribution in [3.05, 3.63) is 130 Å². The van der Waals surface area contributed by atoms with E-state index in [1.807, 2.05) is 6.92 Å². The molecule has 0 aliphatic heterocycles. The number of hydrogen-bond acceptors (Lipinski definition) is 3. The number of aliphatic imine (C=N–C) groups is 1. The van der Waals surface area contributed by atoms with Gasteiger partial charge in [-0.2, -0.15) is 17.6 Å². The second kappa shape index (κ2) is 15.8. The van der Waals surface area contributed by atoms with E-state index < -0.39 is 80.7 Å². The maximum absolute atomic E-state index is 15.0. The molecule has 1 N–H and O–H groups in total. The second-order valence-electron chi connectivity index (χ2n) is 10.7. The van der Waals surface area contributed by atoms with Gasteiger partial charge in [-0.25, -0.2) is 26.3 Å². The first-order valence-corrected chi connectivity index (χ1v) is 14.6. The zero-order valence-electron chi connectivity index (χ0n) is 25.5. The highest BCUT2D eigenvalue weighted by Crippen LogP contribution is 2.39. The summed E-state index contributed by atoms with van der Waals surface area (Å²) in [5.74, 6) is -9.72. The van der Waals surface area contributed by atoms with Crippen LogP contribution in [-0.4, -0.2) is 12.4 Å². The van der Waals surface area contributed by atoms with Gasteiger partial charge in [0.15, 0.2) is 0 Å². The summed E-state index contributed by atoms with van der Waals surface area (Å²) in [6.07, 6.45) is 0.292. The summed E-state index contributed by atoms with van der Waals surface area (Å²) in [4.78, 5) is 4.08. The van der Waals surface area contributed by atoms with E-state index in [9.17, 15) is 35.1 Å². The highest BCUT2D eigenvalue weighted by Gasteiger charge is 2.41. The molecule has 0 fully saturated rings. The molecule has 0 atom stereocenters. The Labute approximate surface area is 274 Å². The predicted octanol–water partition coefficient (Wildman–Crippen LogP) is 11.8. The molecule has 49 heavy (non-hydrogen) atoms. The first-order valence-electron chi connectivity index (χ1n) is 14.6. The maximum atomic E-state index is 15.0. The number of unbranched alkanes of at least 4 members (excludes halogenated alkanes) is 2. The lowest BCUT2D eigenvalue weighted by Gasteiger charge is -2.20. The van der Waals surface area contributed by atoms with Gasteiger partial charge in [-0.3, -0.25) is 4.99 Å². The van der Waals surface area contributed by atoms with Gasteiger partial charge in [0.25, 0.3) is 6.08 Å². The van der Waals surface area contributed by atoms with E-state index in [4.69, 9.17) is 5.41 Å². The summed E-state index contributed by atoms with van der Waals surface area (Å²) in [5, 5.41) is 7.46. The minimum absolute atomic E-state index is 0.0669. The number of nitrogens with one attached hydrogen (secondary N) is 1. The molecule has 3 nitrogen and oxygen atoms in total. The van der Waals surface area contributed by atoms with Gasteiger partial charge in [-0.05, 0) is 77.6 Å². The number of halogens is 10. The number of hydrogen-bond donors (Lipinski definition) is 1. The van der Waals surface area contributed by atoms with E-state index in [-0.39, 0.29) is 17.2 Å². The zero-order chi connectivity index (χ0) is 35.9. The van der Waals surface area contributed by atoms with Crippen molar-refractivity contribution in [3.8, 4) is 28.0 Å². The van der Waals surface area contributed by atoms with Crippen LogP contribution in [0.3, 0.4) is 0 Å². The molecule has 0 saturated carbocycles. The van der Waals surface area contributed by atoms with Gasteiger partial charge in [-0.15, -0.1) is 0 Å². The second-order valence-corrected chi connectivity index (χ2v) is 10.7. The van der Waals surface area contributed by atoms with Gasteiger partial charge in [0.1, 0.15) is 46.2 Å². The summed E-state index contributed by atoms with van der Waals surface area (Å²) in [5.41, 5.74) is -3.71. The summed E-state index contributed by atoms with van der Waals surface area (Å²) in [7, 11) is 0. The molecule has 0 unspecified atom stereocenters. The van der Waals surface area contributed by atoms with Gasteiger partial charge in [0.2, 0.25) is 0 Å². The van der Waals surface area contributed by atoms with Crippen LogP contribution in [0.5, 0.6) is 5.75 Å². The van der Waals surface area contributed by atoms with E-state index in [1.165, 1.54) is 30.8 Å². The number of rotatable bonds is 13. The molecule has 0 heterocycles. The number of benzene rings is 4. The summed E-state index contributed by atoms with van der Waals surface area (Å²) in [6.45, 7) is 2.04. The fraction of sp³-hybridized carbons (Fsp3) is 0.167. The molecule has 0 spiro atoms. The average molecular weight is 693 g/mol. The fourth-order valence-electron chi connectivity index (χ4n) is 4.80. The quantitative estimate of drug-likeness (QED) is 0.0846. The molecule has 0 aliphatic carbocycles. The van der Waals surface area contributed by atoms with Crippen molar-refractivity contribution < 1.29 is 48.6 Å². The number of allylic oxidation sites excluding steroid dienone is 1. The molecule has 13 heteroatoms. The molecule has 0 aliphatic rings. The Bertz CT molecular complexity index is 1900. The Hall–Kier alpha value is -5.20. The summed E-state index contributed by atoms with van der Waals surface area (Å²) in [6, 6.07) is 7.49. The smallest absolute Gasteiger partial charge is 0.429 e. The molecule has 0 saturated heterocycles. The van der Waals surface area contributed by atoms with E-state index in [0.717, 1.165) is 37.5 Å². The van der Waals surface area contributed by atoms with Crippen molar-refractivity contribution in [2.24, 2.45) is 4.99 Å². The van der Waals surface area contributed by atoms with Gasteiger partial charge in [0, 0.05) is 41.9 Å². The van der Waals surface area contributed by atoms with Crippen LogP contribution < -0.4 is 4.74 Å².